The molecule has 1 heteroatoms. The van der Waals surface area contributed by atoms with Gasteiger partial charge in [0.25, 0.3) is 0 Å². The van der Waals surface area contributed by atoms with Gasteiger partial charge in [0.15, 0.2) is 0 Å². The van der Waals surface area contributed by atoms with Crippen LogP contribution in [0.2, 0.25) is 0 Å². The summed E-state index contributed by atoms with van der Waals surface area (Å²) in [4.78, 5) is 1.41. The van der Waals surface area contributed by atoms with E-state index in [2.05, 4.69) is 37.3 Å². The second kappa shape index (κ2) is 2.46. The van der Waals surface area contributed by atoms with E-state index in [9.17, 15) is 0 Å². The highest BCUT2D eigenvalue weighted by Crippen LogP contribution is 2.31. The Labute approximate surface area is 81.5 Å². The summed E-state index contributed by atoms with van der Waals surface area (Å²) in [7, 11) is 0. The van der Waals surface area contributed by atoms with E-state index >= 15 is 0 Å². The quantitative estimate of drug-likeness (QED) is 0.587. The van der Waals surface area contributed by atoms with E-state index in [1.54, 1.807) is 0 Å². The van der Waals surface area contributed by atoms with E-state index in [-0.39, 0.29) is 0 Å². The van der Waals surface area contributed by atoms with Crippen LogP contribution >= 0.6 is 11.3 Å². The molecule has 64 valence electrons. The Hall–Kier alpha value is -1.08. The number of benzene rings is 1. The third kappa shape index (κ3) is 1.04. The Bertz CT molecular complexity index is 503. The molecule has 0 amide bonds. The van der Waals surface area contributed by atoms with Crippen LogP contribution in [0.25, 0.3) is 16.2 Å². The van der Waals surface area contributed by atoms with Gasteiger partial charge in [0.2, 0.25) is 0 Å². The minimum absolute atomic E-state index is 1.11. The van der Waals surface area contributed by atoms with Crippen molar-refractivity contribution in [2.24, 2.45) is 0 Å². The van der Waals surface area contributed by atoms with Gasteiger partial charge in [0.05, 0.1) is 0 Å². The van der Waals surface area contributed by atoms with Crippen LogP contribution in [0.4, 0.5) is 0 Å². The van der Waals surface area contributed by atoms with Gasteiger partial charge in [-0.25, -0.2) is 0 Å². The molecule has 0 spiro atoms. The molecule has 13 heavy (non-hydrogen) atoms. The number of aryl methyl sites for hydroxylation is 1. The minimum Gasteiger partial charge on any atom is -0.141 e. The van der Waals surface area contributed by atoms with E-state index in [4.69, 9.17) is 0 Å². The number of thiophene rings is 1. The molecule has 0 fully saturated rings. The van der Waals surface area contributed by atoms with Crippen LogP contribution < -0.4 is 0 Å². The Morgan fingerprint density at radius 3 is 3.08 bits per heavy atom. The van der Waals surface area contributed by atoms with Gasteiger partial charge in [-0.15, -0.1) is 11.3 Å². The molecule has 1 aromatic heterocycles. The molecule has 2 aromatic rings. The van der Waals surface area contributed by atoms with Crippen LogP contribution in [0.15, 0.2) is 24.3 Å². The third-order valence-electron chi connectivity index (χ3n) is 2.54. The summed E-state index contributed by atoms with van der Waals surface area (Å²) in [6.45, 7) is 2.17. The predicted molar refractivity (Wildman–Crippen MR) is 59.3 cm³/mol. The Morgan fingerprint density at radius 1 is 1.23 bits per heavy atom. The molecule has 1 aromatic carbocycles. The first kappa shape index (κ1) is 7.34. The average Bonchev–Trinajstić information content (AvgIpc) is 2.63. The molecular weight excluding hydrogens is 176 g/mol. The van der Waals surface area contributed by atoms with Crippen LogP contribution in [-0.4, -0.2) is 0 Å². The maximum Gasteiger partial charge on any atom is 0.0351 e. The van der Waals surface area contributed by atoms with Crippen molar-refractivity contribution in [1.29, 1.82) is 0 Å². The highest BCUT2D eigenvalue weighted by Gasteiger charge is 2.07. The second-order valence-electron chi connectivity index (χ2n) is 3.55. The van der Waals surface area contributed by atoms with Gasteiger partial charge < -0.3 is 0 Å². The van der Waals surface area contributed by atoms with Crippen molar-refractivity contribution in [2.75, 3.05) is 0 Å². The van der Waals surface area contributed by atoms with Crippen molar-refractivity contribution in [3.05, 3.63) is 40.3 Å². The normalized spacial score (nSPS) is 13.9. The molecule has 3 rings (SSSR count). The highest BCUT2D eigenvalue weighted by atomic mass is 32.1. The molecule has 0 nitrogen and oxygen atoms in total. The minimum atomic E-state index is 1.11. The topological polar surface area (TPSA) is 0 Å². The molecule has 0 unspecified atom stereocenters. The lowest BCUT2D eigenvalue weighted by atomic mass is 10.1. The summed E-state index contributed by atoms with van der Waals surface area (Å²) < 4.78 is 1.42. The van der Waals surface area contributed by atoms with Crippen LogP contribution in [0.5, 0.6) is 0 Å². The van der Waals surface area contributed by atoms with Crippen molar-refractivity contribution < 1.29 is 0 Å². The van der Waals surface area contributed by atoms with Gasteiger partial charge in [0, 0.05) is 9.58 Å². The van der Waals surface area contributed by atoms with Crippen LogP contribution in [-0.2, 0) is 6.42 Å². The average molecular weight is 186 g/mol. The fourth-order valence-corrected chi connectivity index (χ4v) is 2.88. The SMILES string of the molecule is Cc1cc2cc3c(cc2s1)C=CC3. The van der Waals surface area contributed by atoms with E-state index in [1.165, 1.54) is 26.1 Å². The zero-order chi connectivity index (χ0) is 8.84. The number of hydrogen-bond acceptors (Lipinski definition) is 1. The van der Waals surface area contributed by atoms with E-state index < -0.39 is 0 Å². The second-order valence-corrected chi connectivity index (χ2v) is 4.84. The summed E-state index contributed by atoms with van der Waals surface area (Å²) in [5.41, 5.74) is 2.89. The monoisotopic (exact) mass is 186 g/mol. The molecule has 1 heterocycles. The van der Waals surface area contributed by atoms with Crippen LogP contribution in [0.1, 0.15) is 16.0 Å². The number of fused-ring (bicyclic) bond motifs is 2. The van der Waals surface area contributed by atoms with Crippen LogP contribution in [0.3, 0.4) is 0 Å². The van der Waals surface area contributed by atoms with Crippen molar-refractivity contribution in [2.45, 2.75) is 13.3 Å². The number of allylic oxidation sites excluding steroid dienone is 1. The predicted octanol–water partition coefficient (Wildman–Crippen LogP) is 3.78. The zero-order valence-corrected chi connectivity index (χ0v) is 8.32. The van der Waals surface area contributed by atoms with Gasteiger partial charge in [0.1, 0.15) is 0 Å². The summed E-state index contributed by atoms with van der Waals surface area (Å²) >= 11 is 1.88. The van der Waals surface area contributed by atoms with Crippen molar-refractivity contribution in [1.82, 2.24) is 0 Å². The maximum atomic E-state index is 2.33. The molecule has 0 radical (unpaired) electrons. The van der Waals surface area contributed by atoms with Gasteiger partial charge in [-0.1, -0.05) is 12.2 Å². The molecule has 0 aliphatic heterocycles. The molecule has 1 aliphatic rings. The molecule has 0 saturated heterocycles. The summed E-state index contributed by atoms with van der Waals surface area (Å²) in [5.74, 6) is 0. The van der Waals surface area contributed by atoms with Gasteiger partial charge in [-0.05, 0) is 48.1 Å². The molecular formula is C12H10S. The lowest BCUT2D eigenvalue weighted by molar-refractivity contribution is 1.33. The summed E-state index contributed by atoms with van der Waals surface area (Å²) in [5, 5.41) is 1.41. The Morgan fingerprint density at radius 2 is 2.15 bits per heavy atom. The molecule has 0 N–H and O–H groups in total. The number of rotatable bonds is 0. The number of hydrogen-bond donors (Lipinski definition) is 0. The van der Waals surface area contributed by atoms with Crippen molar-refractivity contribution in [3.8, 4) is 0 Å². The maximum absolute atomic E-state index is 2.33. The van der Waals surface area contributed by atoms with Gasteiger partial charge in [-0.3, -0.25) is 0 Å². The standard InChI is InChI=1S/C12H10S/c1-8-5-11-6-9-3-2-4-10(9)7-12(11)13-8/h2,4-7H,3H2,1H3. The molecule has 0 bridgehead atoms. The highest BCUT2D eigenvalue weighted by molar-refractivity contribution is 7.19. The molecule has 0 saturated carbocycles. The first-order valence-corrected chi connectivity index (χ1v) is 5.34. The lowest BCUT2D eigenvalue weighted by Gasteiger charge is -1.97. The first-order valence-electron chi connectivity index (χ1n) is 4.52. The molecule has 1 aliphatic carbocycles. The zero-order valence-electron chi connectivity index (χ0n) is 7.50. The fraction of sp³-hybridized carbons (Fsp3) is 0.167. The summed E-state index contributed by atoms with van der Waals surface area (Å²) in [6, 6.07) is 6.92. The van der Waals surface area contributed by atoms with E-state index in [0.29, 0.717) is 0 Å². The van der Waals surface area contributed by atoms with Gasteiger partial charge >= 0.3 is 0 Å². The summed E-state index contributed by atoms with van der Waals surface area (Å²) in [6.07, 6.45) is 5.57. The van der Waals surface area contributed by atoms with Crippen molar-refractivity contribution in [3.63, 3.8) is 0 Å². The van der Waals surface area contributed by atoms with E-state index in [1.807, 2.05) is 11.3 Å². The smallest absolute Gasteiger partial charge is 0.0351 e. The van der Waals surface area contributed by atoms with E-state index in [0.717, 1.165) is 6.42 Å². The Kier molecular flexibility index (Phi) is 1.39. The van der Waals surface area contributed by atoms with Crippen LogP contribution in [0, 0.1) is 6.92 Å². The third-order valence-corrected chi connectivity index (χ3v) is 3.55. The lowest BCUT2D eigenvalue weighted by Crippen LogP contribution is -1.79. The fourth-order valence-electron chi connectivity index (χ4n) is 1.93. The largest absolute Gasteiger partial charge is 0.141 e. The van der Waals surface area contributed by atoms with Crippen molar-refractivity contribution >= 4 is 27.5 Å². The Balaban J connectivity index is 2.39. The molecule has 0 atom stereocenters. The van der Waals surface area contributed by atoms with Gasteiger partial charge in [-0.2, -0.15) is 0 Å². The first-order chi connectivity index (χ1) is 6.33.